The van der Waals surface area contributed by atoms with E-state index in [-0.39, 0.29) is 0 Å². The second-order valence-electron chi connectivity index (χ2n) is 5.54. The summed E-state index contributed by atoms with van der Waals surface area (Å²) in [6, 6.07) is 14.1. The standard InChI is InChI=1S/C19H20BrN3O2S/c1-4-23-18(14-7-10-16(24-2)17(11-14)25-3)21-22-19(23)26-12-13-5-8-15(20)9-6-13/h5-11H,4,12H2,1-3H3. The highest BCUT2D eigenvalue weighted by atomic mass is 79.9. The van der Waals surface area contributed by atoms with Gasteiger partial charge in [0, 0.05) is 22.3 Å². The van der Waals surface area contributed by atoms with Crippen LogP contribution < -0.4 is 9.47 Å². The number of hydrogen-bond donors (Lipinski definition) is 0. The van der Waals surface area contributed by atoms with Crippen LogP contribution in [-0.4, -0.2) is 29.0 Å². The van der Waals surface area contributed by atoms with E-state index >= 15 is 0 Å². The van der Waals surface area contributed by atoms with Crippen molar-refractivity contribution in [1.82, 2.24) is 14.8 Å². The van der Waals surface area contributed by atoms with Crippen molar-refractivity contribution in [3.8, 4) is 22.9 Å². The molecule has 3 rings (SSSR count). The quantitative estimate of drug-likeness (QED) is 0.488. The lowest BCUT2D eigenvalue weighted by Gasteiger charge is -2.11. The van der Waals surface area contributed by atoms with Crippen molar-refractivity contribution < 1.29 is 9.47 Å². The highest BCUT2D eigenvalue weighted by molar-refractivity contribution is 9.10. The minimum atomic E-state index is 0.680. The molecule has 1 heterocycles. The molecule has 0 aliphatic carbocycles. The zero-order valence-electron chi connectivity index (χ0n) is 14.9. The van der Waals surface area contributed by atoms with Gasteiger partial charge in [0.15, 0.2) is 22.5 Å². The molecular formula is C19H20BrN3O2S. The molecule has 0 N–H and O–H groups in total. The normalized spacial score (nSPS) is 10.8. The van der Waals surface area contributed by atoms with E-state index in [0.717, 1.165) is 33.3 Å². The van der Waals surface area contributed by atoms with E-state index in [9.17, 15) is 0 Å². The number of hydrogen-bond acceptors (Lipinski definition) is 5. The van der Waals surface area contributed by atoms with E-state index in [4.69, 9.17) is 9.47 Å². The Balaban J connectivity index is 1.85. The van der Waals surface area contributed by atoms with Gasteiger partial charge in [0.2, 0.25) is 0 Å². The minimum absolute atomic E-state index is 0.680. The first kappa shape index (κ1) is 18.8. The Hall–Kier alpha value is -1.99. The number of thioether (sulfide) groups is 1. The van der Waals surface area contributed by atoms with Gasteiger partial charge < -0.3 is 14.0 Å². The predicted molar refractivity (Wildman–Crippen MR) is 108 cm³/mol. The van der Waals surface area contributed by atoms with Crippen molar-refractivity contribution in [3.05, 3.63) is 52.5 Å². The summed E-state index contributed by atoms with van der Waals surface area (Å²) in [7, 11) is 3.26. The molecule has 0 saturated heterocycles. The Morgan fingerprint density at radius 2 is 1.73 bits per heavy atom. The summed E-state index contributed by atoms with van der Waals surface area (Å²) in [5.41, 5.74) is 2.20. The molecule has 0 spiro atoms. The van der Waals surface area contributed by atoms with Gasteiger partial charge in [-0.25, -0.2) is 0 Å². The molecule has 3 aromatic rings. The number of benzene rings is 2. The van der Waals surface area contributed by atoms with Gasteiger partial charge in [-0.3, -0.25) is 0 Å². The molecule has 0 fully saturated rings. The van der Waals surface area contributed by atoms with Gasteiger partial charge in [0.05, 0.1) is 14.2 Å². The van der Waals surface area contributed by atoms with Crippen molar-refractivity contribution in [3.63, 3.8) is 0 Å². The van der Waals surface area contributed by atoms with Gasteiger partial charge in [0.1, 0.15) is 0 Å². The van der Waals surface area contributed by atoms with E-state index in [2.05, 4.69) is 61.9 Å². The van der Waals surface area contributed by atoms with E-state index in [1.807, 2.05) is 18.2 Å². The van der Waals surface area contributed by atoms with Crippen LogP contribution in [-0.2, 0) is 12.3 Å². The summed E-state index contributed by atoms with van der Waals surface area (Å²) in [4.78, 5) is 0. The second-order valence-corrected chi connectivity index (χ2v) is 7.39. The van der Waals surface area contributed by atoms with Crippen LogP contribution in [0.5, 0.6) is 11.5 Å². The van der Waals surface area contributed by atoms with Crippen LogP contribution in [0, 0.1) is 0 Å². The highest BCUT2D eigenvalue weighted by Crippen LogP contribution is 2.33. The first-order valence-corrected chi connectivity index (χ1v) is 9.97. The number of rotatable bonds is 7. The molecule has 0 saturated carbocycles. The smallest absolute Gasteiger partial charge is 0.191 e. The third kappa shape index (κ3) is 4.04. The fourth-order valence-corrected chi connectivity index (χ4v) is 3.82. The van der Waals surface area contributed by atoms with E-state index in [1.165, 1.54) is 5.56 Å². The van der Waals surface area contributed by atoms with Crippen LogP contribution in [0.1, 0.15) is 12.5 Å². The average Bonchev–Trinajstić information content (AvgIpc) is 3.09. The molecule has 136 valence electrons. The minimum Gasteiger partial charge on any atom is -0.493 e. The first-order valence-electron chi connectivity index (χ1n) is 8.19. The summed E-state index contributed by atoms with van der Waals surface area (Å²) in [5, 5.41) is 9.69. The Morgan fingerprint density at radius 1 is 1.00 bits per heavy atom. The average molecular weight is 434 g/mol. The zero-order valence-corrected chi connectivity index (χ0v) is 17.3. The van der Waals surface area contributed by atoms with Crippen LogP contribution in [0.15, 0.2) is 52.1 Å². The maximum atomic E-state index is 5.40. The fraction of sp³-hybridized carbons (Fsp3) is 0.263. The van der Waals surface area contributed by atoms with Crippen molar-refractivity contribution in [1.29, 1.82) is 0 Å². The van der Waals surface area contributed by atoms with Gasteiger partial charge in [-0.2, -0.15) is 0 Å². The lowest BCUT2D eigenvalue weighted by Crippen LogP contribution is -2.00. The van der Waals surface area contributed by atoms with E-state index < -0.39 is 0 Å². The molecular weight excluding hydrogens is 414 g/mol. The first-order chi connectivity index (χ1) is 12.7. The maximum absolute atomic E-state index is 5.40. The van der Waals surface area contributed by atoms with Crippen molar-refractivity contribution in [2.45, 2.75) is 24.4 Å². The summed E-state index contributed by atoms with van der Waals surface area (Å²) >= 11 is 5.14. The molecule has 5 nitrogen and oxygen atoms in total. The molecule has 0 atom stereocenters. The number of methoxy groups -OCH3 is 2. The summed E-state index contributed by atoms with van der Waals surface area (Å²) in [6.07, 6.45) is 0. The second kappa shape index (κ2) is 8.60. The van der Waals surface area contributed by atoms with Gasteiger partial charge >= 0.3 is 0 Å². The molecule has 26 heavy (non-hydrogen) atoms. The van der Waals surface area contributed by atoms with Gasteiger partial charge in [-0.05, 0) is 42.8 Å². The van der Waals surface area contributed by atoms with Crippen LogP contribution >= 0.6 is 27.7 Å². The SMILES string of the molecule is CCn1c(SCc2ccc(Br)cc2)nnc1-c1ccc(OC)c(OC)c1. The van der Waals surface area contributed by atoms with Crippen molar-refractivity contribution >= 4 is 27.7 Å². The lowest BCUT2D eigenvalue weighted by molar-refractivity contribution is 0.355. The van der Waals surface area contributed by atoms with Crippen LogP contribution in [0.3, 0.4) is 0 Å². The largest absolute Gasteiger partial charge is 0.493 e. The van der Waals surface area contributed by atoms with Crippen molar-refractivity contribution in [2.24, 2.45) is 0 Å². The third-order valence-corrected chi connectivity index (χ3v) is 5.52. The van der Waals surface area contributed by atoms with Gasteiger partial charge in [-0.1, -0.05) is 39.8 Å². The molecule has 2 aromatic carbocycles. The molecule has 0 unspecified atom stereocenters. The molecule has 0 bridgehead atoms. The van der Waals surface area contributed by atoms with Gasteiger partial charge in [-0.15, -0.1) is 10.2 Å². The maximum Gasteiger partial charge on any atom is 0.191 e. The lowest BCUT2D eigenvalue weighted by atomic mass is 10.2. The van der Waals surface area contributed by atoms with Crippen molar-refractivity contribution in [2.75, 3.05) is 14.2 Å². The van der Waals surface area contributed by atoms with Crippen LogP contribution in [0.2, 0.25) is 0 Å². The Morgan fingerprint density at radius 3 is 2.38 bits per heavy atom. The number of aromatic nitrogens is 3. The summed E-state index contributed by atoms with van der Waals surface area (Å²) in [6.45, 7) is 2.89. The molecule has 7 heteroatoms. The highest BCUT2D eigenvalue weighted by Gasteiger charge is 2.15. The zero-order chi connectivity index (χ0) is 18.5. The number of ether oxygens (including phenoxy) is 2. The topological polar surface area (TPSA) is 49.2 Å². The fourth-order valence-electron chi connectivity index (χ4n) is 2.60. The van der Waals surface area contributed by atoms with E-state index in [1.54, 1.807) is 26.0 Å². The summed E-state index contributed by atoms with van der Waals surface area (Å²) < 4.78 is 13.9. The van der Waals surface area contributed by atoms with E-state index in [0.29, 0.717) is 11.5 Å². The van der Waals surface area contributed by atoms with Gasteiger partial charge in [0.25, 0.3) is 0 Å². The number of halogens is 1. The monoisotopic (exact) mass is 433 g/mol. The third-order valence-electron chi connectivity index (χ3n) is 3.96. The molecule has 1 aromatic heterocycles. The molecule has 0 amide bonds. The Kier molecular flexibility index (Phi) is 6.21. The Bertz CT molecular complexity index is 881. The summed E-state index contributed by atoms with van der Waals surface area (Å²) in [5.74, 6) is 3.05. The molecule has 0 aliphatic rings. The number of nitrogens with zero attached hydrogens (tertiary/aromatic N) is 3. The van der Waals surface area contributed by atoms with Crippen LogP contribution in [0.25, 0.3) is 11.4 Å². The molecule has 0 aliphatic heterocycles. The molecule has 0 radical (unpaired) electrons. The Labute approximate surface area is 165 Å². The van der Waals surface area contributed by atoms with Crippen LogP contribution in [0.4, 0.5) is 0 Å². The predicted octanol–water partition coefficient (Wildman–Crippen LogP) is 5.04.